The molecule has 1 fully saturated rings. The van der Waals surface area contributed by atoms with Crippen LogP contribution < -0.4 is 10.2 Å². The molecule has 2 rings (SSSR count). The molecule has 0 saturated carbocycles. The molecule has 1 unspecified atom stereocenters. The first-order valence-electron chi connectivity index (χ1n) is 6.98. The van der Waals surface area contributed by atoms with Crippen LogP contribution in [0.2, 0.25) is 0 Å². The molecule has 20 heavy (non-hydrogen) atoms. The Morgan fingerprint density at radius 1 is 1.55 bits per heavy atom. The highest BCUT2D eigenvalue weighted by molar-refractivity contribution is 5.92. The van der Waals surface area contributed by atoms with E-state index in [9.17, 15) is 4.79 Å². The first-order valence-corrected chi connectivity index (χ1v) is 6.98. The van der Waals surface area contributed by atoms with Crippen LogP contribution in [0, 0.1) is 0 Å². The fourth-order valence-electron chi connectivity index (χ4n) is 2.20. The fraction of sp³-hybridized carbons (Fsp3) is 0.571. The molecule has 0 bridgehead atoms. The molecule has 0 aliphatic carbocycles. The van der Waals surface area contributed by atoms with Crippen molar-refractivity contribution < 1.29 is 9.90 Å². The summed E-state index contributed by atoms with van der Waals surface area (Å²) in [5.74, 6) is 0.823. The van der Waals surface area contributed by atoms with Gasteiger partial charge in [-0.15, -0.1) is 0 Å². The van der Waals surface area contributed by atoms with Crippen LogP contribution >= 0.6 is 0 Å². The highest BCUT2D eigenvalue weighted by Gasteiger charge is 2.20. The summed E-state index contributed by atoms with van der Waals surface area (Å²) < 4.78 is 0. The Morgan fingerprint density at radius 3 is 2.90 bits per heavy atom. The number of nitrogens with zero attached hydrogens (tertiary/aromatic N) is 3. The summed E-state index contributed by atoms with van der Waals surface area (Å²) in [4.78, 5) is 20.2. The van der Waals surface area contributed by atoms with Gasteiger partial charge in [0, 0.05) is 26.3 Å². The maximum Gasteiger partial charge on any atom is 0.322 e. The van der Waals surface area contributed by atoms with Crippen molar-refractivity contribution in [1.29, 1.82) is 0 Å². The van der Waals surface area contributed by atoms with E-state index in [1.807, 2.05) is 12.1 Å². The van der Waals surface area contributed by atoms with Crippen LogP contribution in [0.3, 0.4) is 0 Å². The zero-order valence-electron chi connectivity index (χ0n) is 12.0. The number of amides is 2. The summed E-state index contributed by atoms with van der Waals surface area (Å²) in [5, 5.41) is 12.0. The Labute approximate surface area is 119 Å². The molecule has 1 aliphatic rings. The van der Waals surface area contributed by atoms with Gasteiger partial charge in [0.25, 0.3) is 0 Å². The van der Waals surface area contributed by atoms with E-state index in [0.717, 1.165) is 37.4 Å². The number of hydrogen-bond acceptors (Lipinski definition) is 4. The lowest BCUT2D eigenvalue weighted by Gasteiger charge is -2.25. The summed E-state index contributed by atoms with van der Waals surface area (Å²) in [6, 6.07) is 3.21. The molecule has 1 saturated heterocycles. The smallest absolute Gasteiger partial charge is 0.322 e. The predicted molar refractivity (Wildman–Crippen MR) is 79.0 cm³/mol. The van der Waals surface area contributed by atoms with E-state index < -0.39 is 0 Å². The third-order valence-corrected chi connectivity index (χ3v) is 3.68. The zero-order valence-corrected chi connectivity index (χ0v) is 12.0. The van der Waals surface area contributed by atoms with Crippen molar-refractivity contribution in [3.8, 4) is 0 Å². The van der Waals surface area contributed by atoms with E-state index >= 15 is 0 Å². The quantitative estimate of drug-likeness (QED) is 0.876. The van der Waals surface area contributed by atoms with E-state index in [2.05, 4.69) is 15.2 Å². The molecule has 1 aromatic rings. The number of anilines is 2. The minimum absolute atomic E-state index is 0.0596. The normalized spacial score (nSPS) is 16.1. The number of aliphatic hydroxyl groups excluding tert-OH is 1. The molecule has 2 amide bonds. The number of urea groups is 1. The van der Waals surface area contributed by atoms with E-state index in [4.69, 9.17) is 5.11 Å². The average molecular weight is 278 g/mol. The lowest BCUT2D eigenvalue weighted by atomic mass is 10.3. The lowest BCUT2D eigenvalue weighted by Crippen LogP contribution is -2.40. The second-order valence-corrected chi connectivity index (χ2v) is 5.14. The second-order valence-electron chi connectivity index (χ2n) is 5.14. The van der Waals surface area contributed by atoms with E-state index in [0.29, 0.717) is 0 Å². The SMILES string of the molecule is CC(CO)N(C)C(=O)Nc1cccnc1N1CCCC1. The summed E-state index contributed by atoms with van der Waals surface area (Å²) in [6.07, 6.45) is 4.06. The first-order chi connectivity index (χ1) is 9.63. The van der Waals surface area contributed by atoms with Gasteiger partial charge in [0.05, 0.1) is 18.3 Å². The van der Waals surface area contributed by atoms with E-state index in [1.54, 1.807) is 20.2 Å². The number of rotatable bonds is 4. The number of carbonyl (C=O) groups is 1. The molecule has 6 nitrogen and oxygen atoms in total. The molecule has 110 valence electrons. The van der Waals surface area contributed by atoms with Crippen LogP contribution in [-0.2, 0) is 0 Å². The number of aliphatic hydroxyl groups is 1. The fourth-order valence-corrected chi connectivity index (χ4v) is 2.20. The average Bonchev–Trinajstić information content (AvgIpc) is 3.00. The Morgan fingerprint density at radius 2 is 2.25 bits per heavy atom. The molecule has 6 heteroatoms. The van der Waals surface area contributed by atoms with Gasteiger partial charge in [0.1, 0.15) is 0 Å². The number of aromatic nitrogens is 1. The number of carbonyl (C=O) groups excluding carboxylic acids is 1. The van der Waals surface area contributed by atoms with Gasteiger partial charge in [-0.25, -0.2) is 9.78 Å². The third-order valence-electron chi connectivity index (χ3n) is 3.68. The highest BCUT2D eigenvalue weighted by Crippen LogP contribution is 2.26. The van der Waals surface area contributed by atoms with E-state index in [-0.39, 0.29) is 18.7 Å². The second kappa shape index (κ2) is 6.56. The topological polar surface area (TPSA) is 68.7 Å². The van der Waals surface area contributed by atoms with Crippen LogP contribution in [0.15, 0.2) is 18.3 Å². The van der Waals surface area contributed by atoms with Crippen molar-refractivity contribution in [3.63, 3.8) is 0 Å². The van der Waals surface area contributed by atoms with Gasteiger partial charge in [-0.1, -0.05) is 0 Å². The molecule has 1 aromatic heterocycles. The Bertz CT molecular complexity index is 460. The lowest BCUT2D eigenvalue weighted by molar-refractivity contribution is 0.166. The van der Waals surface area contributed by atoms with Crippen molar-refractivity contribution in [1.82, 2.24) is 9.88 Å². The molecule has 1 atom stereocenters. The van der Waals surface area contributed by atoms with Gasteiger partial charge in [-0.05, 0) is 31.9 Å². The summed E-state index contributed by atoms with van der Waals surface area (Å²) >= 11 is 0. The van der Waals surface area contributed by atoms with Crippen LogP contribution in [0.4, 0.5) is 16.3 Å². The first kappa shape index (κ1) is 14.6. The molecular formula is C14H22N4O2. The molecule has 1 aliphatic heterocycles. The largest absolute Gasteiger partial charge is 0.394 e. The molecule has 0 radical (unpaired) electrons. The number of hydrogen-bond donors (Lipinski definition) is 2. The number of likely N-dealkylation sites (N-methyl/N-ethyl adjacent to an activating group) is 1. The van der Waals surface area contributed by atoms with Gasteiger partial charge in [0.2, 0.25) is 0 Å². The van der Waals surface area contributed by atoms with Crippen LogP contribution in [0.25, 0.3) is 0 Å². The minimum atomic E-state index is -0.236. The van der Waals surface area contributed by atoms with Crippen molar-refractivity contribution in [3.05, 3.63) is 18.3 Å². The minimum Gasteiger partial charge on any atom is -0.394 e. The van der Waals surface area contributed by atoms with Crippen molar-refractivity contribution >= 4 is 17.5 Å². The van der Waals surface area contributed by atoms with Gasteiger partial charge >= 0.3 is 6.03 Å². The van der Waals surface area contributed by atoms with Gasteiger partial charge in [0.15, 0.2) is 5.82 Å². The molecule has 2 heterocycles. The number of pyridine rings is 1. The predicted octanol–water partition coefficient (Wildman–Crippen LogP) is 1.53. The van der Waals surface area contributed by atoms with Crippen LogP contribution in [0.5, 0.6) is 0 Å². The monoisotopic (exact) mass is 278 g/mol. The van der Waals surface area contributed by atoms with Crippen LogP contribution in [-0.4, -0.2) is 53.8 Å². The van der Waals surface area contributed by atoms with Crippen molar-refractivity contribution in [2.45, 2.75) is 25.8 Å². The number of nitrogens with one attached hydrogen (secondary N) is 1. The van der Waals surface area contributed by atoms with Gasteiger partial charge in [-0.3, -0.25) is 0 Å². The summed E-state index contributed by atoms with van der Waals surface area (Å²) in [6.45, 7) is 3.69. The molecule has 0 aromatic carbocycles. The molecule has 0 spiro atoms. The Hall–Kier alpha value is -1.82. The molecular weight excluding hydrogens is 256 g/mol. The standard InChI is InChI=1S/C14H22N4O2/c1-11(10-19)17(2)14(20)16-12-6-5-7-15-13(12)18-8-3-4-9-18/h5-7,11,19H,3-4,8-10H2,1-2H3,(H,16,20). The molecule has 2 N–H and O–H groups in total. The Kier molecular flexibility index (Phi) is 4.79. The Balaban J connectivity index is 2.11. The highest BCUT2D eigenvalue weighted by atomic mass is 16.3. The van der Waals surface area contributed by atoms with Crippen LogP contribution in [0.1, 0.15) is 19.8 Å². The third kappa shape index (κ3) is 3.19. The maximum atomic E-state index is 12.1. The van der Waals surface area contributed by atoms with E-state index in [1.165, 1.54) is 4.90 Å². The summed E-state index contributed by atoms with van der Waals surface area (Å²) in [5.41, 5.74) is 0.719. The van der Waals surface area contributed by atoms with Crippen molar-refractivity contribution in [2.24, 2.45) is 0 Å². The maximum absolute atomic E-state index is 12.1. The van der Waals surface area contributed by atoms with Gasteiger partial charge in [-0.2, -0.15) is 0 Å². The van der Waals surface area contributed by atoms with Gasteiger partial charge < -0.3 is 20.2 Å². The van der Waals surface area contributed by atoms with Crippen molar-refractivity contribution in [2.75, 3.05) is 37.0 Å². The summed E-state index contributed by atoms with van der Waals surface area (Å²) in [7, 11) is 1.67. The zero-order chi connectivity index (χ0) is 14.5.